The number of hydrogen-bond donors (Lipinski definition) is 1. The van der Waals surface area contributed by atoms with Gasteiger partial charge in [-0.15, -0.1) is 0 Å². The van der Waals surface area contributed by atoms with Crippen LogP contribution >= 0.6 is 0 Å². The molecule has 0 amide bonds. The van der Waals surface area contributed by atoms with Crippen LogP contribution in [0.5, 0.6) is 0 Å². The highest BCUT2D eigenvalue weighted by atomic mass is 16.5. The molecule has 0 radical (unpaired) electrons. The SMILES string of the molecule is CN(C)c1noc(CCCCCN)n1. The van der Waals surface area contributed by atoms with E-state index in [1.54, 1.807) is 0 Å². The van der Waals surface area contributed by atoms with Gasteiger partial charge in [-0.1, -0.05) is 6.42 Å². The minimum Gasteiger partial charge on any atom is -0.344 e. The first-order chi connectivity index (χ1) is 6.74. The van der Waals surface area contributed by atoms with E-state index in [4.69, 9.17) is 10.3 Å². The summed E-state index contributed by atoms with van der Waals surface area (Å²) in [6, 6.07) is 0. The first-order valence-corrected chi connectivity index (χ1v) is 4.94. The maximum Gasteiger partial charge on any atom is 0.265 e. The van der Waals surface area contributed by atoms with Crippen molar-refractivity contribution in [1.82, 2.24) is 10.1 Å². The predicted molar refractivity (Wildman–Crippen MR) is 55.2 cm³/mol. The third-order valence-electron chi connectivity index (χ3n) is 1.95. The lowest BCUT2D eigenvalue weighted by molar-refractivity contribution is 0.373. The number of aromatic nitrogens is 2. The fourth-order valence-electron chi connectivity index (χ4n) is 1.13. The Hall–Kier alpha value is -1.10. The van der Waals surface area contributed by atoms with Gasteiger partial charge in [-0.05, 0) is 24.5 Å². The second-order valence-corrected chi connectivity index (χ2v) is 3.48. The zero-order valence-corrected chi connectivity index (χ0v) is 8.86. The van der Waals surface area contributed by atoms with Gasteiger partial charge in [0.15, 0.2) is 0 Å². The molecule has 1 aromatic rings. The zero-order chi connectivity index (χ0) is 10.4. The molecule has 5 heteroatoms. The summed E-state index contributed by atoms with van der Waals surface area (Å²) in [4.78, 5) is 6.05. The molecular weight excluding hydrogens is 180 g/mol. The van der Waals surface area contributed by atoms with Crippen LogP contribution in [0.15, 0.2) is 4.52 Å². The Kier molecular flexibility index (Phi) is 4.39. The molecule has 0 aliphatic heterocycles. The van der Waals surface area contributed by atoms with Crippen LogP contribution < -0.4 is 10.6 Å². The number of unbranched alkanes of at least 4 members (excludes halogenated alkanes) is 2. The summed E-state index contributed by atoms with van der Waals surface area (Å²) in [7, 11) is 3.78. The van der Waals surface area contributed by atoms with Crippen LogP contribution in [0.4, 0.5) is 5.95 Å². The fraction of sp³-hybridized carbons (Fsp3) is 0.778. The molecule has 1 heterocycles. The second kappa shape index (κ2) is 5.59. The Bertz CT molecular complexity index is 259. The molecule has 0 unspecified atom stereocenters. The molecule has 0 saturated heterocycles. The first-order valence-electron chi connectivity index (χ1n) is 4.94. The lowest BCUT2D eigenvalue weighted by Gasteiger charge is -2.02. The molecule has 0 aromatic carbocycles. The molecule has 1 rings (SSSR count). The molecule has 0 fully saturated rings. The molecule has 0 atom stereocenters. The van der Waals surface area contributed by atoms with Gasteiger partial charge in [-0.25, -0.2) is 0 Å². The van der Waals surface area contributed by atoms with E-state index in [1.165, 1.54) is 0 Å². The van der Waals surface area contributed by atoms with Crippen molar-refractivity contribution in [2.24, 2.45) is 5.73 Å². The summed E-state index contributed by atoms with van der Waals surface area (Å²) in [5.41, 5.74) is 5.39. The van der Waals surface area contributed by atoms with E-state index < -0.39 is 0 Å². The highest BCUT2D eigenvalue weighted by Gasteiger charge is 2.06. The van der Waals surface area contributed by atoms with E-state index in [9.17, 15) is 0 Å². The highest BCUT2D eigenvalue weighted by Crippen LogP contribution is 2.08. The highest BCUT2D eigenvalue weighted by molar-refractivity contribution is 5.23. The van der Waals surface area contributed by atoms with Crippen LogP contribution in [-0.4, -0.2) is 30.8 Å². The summed E-state index contributed by atoms with van der Waals surface area (Å²) < 4.78 is 5.07. The number of nitrogens with two attached hydrogens (primary N) is 1. The number of hydrogen-bond acceptors (Lipinski definition) is 5. The van der Waals surface area contributed by atoms with Crippen LogP contribution in [0.25, 0.3) is 0 Å². The molecule has 2 N–H and O–H groups in total. The fourth-order valence-corrected chi connectivity index (χ4v) is 1.13. The lowest BCUT2D eigenvalue weighted by atomic mass is 10.2. The van der Waals surface area contributed by atoms with Crippen molar-refractivity contribution < 1.29 is 4.52 Å². The molecule has 0 aliphatic rings. The van der Waals surface area contributed by atoms with Gasteiger partial charge >= 0.3 is 0 Å². The summed E-state index contributed by atoms with van der Waals surface area (Å²) in [6.45, 7) is 0.757. The van der Waals surface area contributed by atoms with Gasteiger partial charge in [0, 0.05) is 20.5 Å². The van der Waals surface area contributed by atoms with Crippen LogP contribution in [-0.2, 0) is 6.42 Å². The van der Waals surface area contributed by atoms with E-state index in [1.807, 2.05) is 19.0 Å². The van der Waals surface area contributed by atoms with Crippen molar-refractivity contribution in [2.45, 2.75) is 25.7 Å². The minimum absolute atomic E-state index is 0.638. The van der Waals surface area contributed by atoms with Gasteiger partial charge < -0.3 is 15.2 Å². The third kappa shape index (κ3) is 3.33. The summed E-state index contributed by atoms with van der Waals surface area (Å²) in [5.74, 6) is 1.35. The van der Waals surface area contributed by atoms with Crippen molar-refractivity contribution in [1.29, 1.82) is 0 Å². The second-order valence-electron chi connectivity index (χ2n) is 3.48. The molecule has 0 bridgehead atoms. The van der Waals surface area contributed by atoms with Gasteiger partial charge in [0.1, 0.15) is 0 Å². The number of aryl methyl sites for hydroxylation is 1. The van der Waals surface area contributed by atoms with Crippen molar-refractivity contribution in [3.05, 3.63) is 5.89 Å². The Morgan fingerprint density at radius 1 is 1.29 bits per heavy atom. The Morgan fingerprint density at radius 3 is 2.64 bits per heavy atom. The molecular formula is C9H18N4O. The minimum atomic E-state index is 0.638. The van der Waals surface area contributed by atoms with Crippen LogP contribution in [0, 0.1) is 0 Å². The molecule has 14 heavy (non-hydrogen) atoms. The van der Waals surface area contributed by atoms with Gasteiger partial charge in [0.05, 0.1) is 0 Å². The van der Waals surface area contributed by atoms with Gasteiger partial charge in [0.25, 0.3) is 5.95 Å². The Labute approximate surface area is 84.3 Å². The van der Waals surface area contributed by atoms with Gasteiger partial charge in [0.2, 0.25) is 5.89 Å². The molecule has 0 saturated carbocycles. The molecule has 0 aliphatic carbocycles. The van der Waals surface area contributed by atoms with E-state index in [-0.39, 0.29) is 0 Å². The molecule has 5 nitrogen and oxygen atoms in total. The van der Waals surface area contributed by atoms with Crippen molar-refractivity contribution in [3.63, 3.8) is 0 Å². The van der Waals surface area contributed by atoms with Crippen molar-refractivity contribution in [2.75, 3.05) is 25.5 Å². The standard InChI is InChI=1S/C9H18N4O/c1-13(2)9-11-8(14-12-9)6-4-3-5-7-10/h3-7,10H2,1-2H3. The molecule has 80 valence electrons. The largest absolute Gasteiger partial charge is 0.344 e. The first kappa shape index (κ1) is 11.0. The zero-order valence-electron chi connectivity index (χ0n) is 8.86. The van der Waals surface area contributed by atoms with Crippen LogP contribution in [0.3, 0.4) is 0 Å². The average molecular weight is 198 g/mol. The number of nitrogens with zero attached hydrogens (tertiary/aromatic N) is 3. The van der Waals surface area contributed by atoms with Crippen LogP contribution in [0.1, 0.15) is 25.2 Å². The van der Waals surface area contributed by atoms with Crippen molar-refractivity contribution in [3.8, 4) is 0 Å². The van der Waals surface area contributed by atoms with Gasteiger partial charge in [-0.2, -0.15) is 4.98 Å². The lowest BCUT2D eigenvalue weighted by Crippen LogP contribution is -2.10. The molecule has 1 aromatic heterocycles. The van der Waals surface area contributed by atoms with E-state index in [2.05, 4.69) is 10.1 Å². The van der Waals surface area contributed by atoms with Crippen LogP contribution in [0.2, 0.25) is 0 Å². The monoisotopic (exact) mass is 198 g/mol. The predicted octanol–water partition coefficient (Wildman–Crippen LogP) is 0.807. The van der Waals surface area contributed by atoms with E-state index >= 15 is 0 Å². The average Bonchev–Trinajstić information content (AvgIpc) is 2.61. The van der Waals surface area contributed by atoms with E-state index in [0.29, 0.717) is 11.8 Å². The third-order valence-corrected chi connectivity index (χ3v) is 1.95. The normalized spacial score (nSPS) is 10.5. The summed E-state index contributed by atoms with van der Waals surface area (Å²) >= 11 is 0. The smallest absolute Gasteiger partial charge is 0.265 e. The molecule has 0 spiro atoms. The topological polar surface area (TPSA) is 68.2 Å². The Morgan fingerprint density at radius 2 is 2.07 bits per heavy atom. The summed E-state index contributed by atoms with van der Waals surface area (Å²) in [5, 5.41) is 3.83. The number of anilines is 1. The number of rotatable bonds is 6. The van der Waals surface area contributed by atoms with Gasteiger partial charge in [-0.3, -0.25) is 0 Å². The Balaban J connectivity index is 2.29. The maximum absolute atomic E-state index is 5.39. The van der Waals surface area contributed by atoms with Crippen molar-refractivity contribution >= 4 is 5.95 Å². The van der Waals surface area contributed by atoms with E-state index in [0.717, 1.165) is 32.2 Å². The summed E-state index contributed by atoms with van der Waals surface area (Å²) in [6.07, 6.45) is 4.10. The quantitative estimate of drug-likeness (QED) is 0.685. The maximum atomic E-state index is 5.39.